The molecule has 1 spiro atoms. The number of nitrogens with zero attached hydrogens (tertiary/aromatic N) is 6. The first-order valence-electron chi connectivity index (χ1n) is 20.6. The summed E-state index contributed by atoms with van der Waals surface area (Å²) in [7, 11) is 0. The summed E-state index contributed by atoms with van der Waals surface area (Å²) in [4.78, 5) is 31.3. The van der Waals surface area contributed by atoms with Crippen LogP contribution in [0.2, 0.25) is 0 Å². The fraction of sp³-hybridized carbons (Fsp3) is 0.0182. The second-order valence-electron chi connectivity index (χ2n) is 15.4. The average Bonchev–Trinajstić information content (AvgIpc) is 3.65. The molecule has 62 heavy (non-hydrogen) atoms. The van der Waals surface area contributed by atoms with Crippen LogP contribution in [-0.4, -0.2) is 29.9 Å². The van der Waals surface area contributed by atoms with Gasteiger partial charge in [0.25, 0.3) is 0 Å². The molecular formula is C55H34N6O. The van der Waals surface area contributed by atoms with Gasteiger partial charge >= 0.3 is 0 Å². The number of ether oxygens (including phenoxy) is 1. The van der Waals surface area contributed by atoms with Crippen LogP contribution in [0.1, 0.15) is 22.3 Å². The molecule has 0 atom stereocenters. The minimum absolute atomic E-state index is 0.562. The van der Waals surface area contributed by atoms with Crippen LogP contribution in [0.3, 0.4) is 0 Å². The predicted molar refractivity (Wildman–Crippen MR) is 243 cm³/mol. The molecule has 0 unspecified atom stereocenters. The highest BCUT2D eigenvalue weighted by molar-refractivity contribution is 6.01. The summed E-state index contributed by atoms with van der Waals surface area (Å²) in [6.07, 6.45) is 0. The second-order valence-corrected chi connectivity index (χ2v) is 15.4. The molecule has 1 aliphatic heterocycles. The number of rotatable bonds is 6. The molecule has 3 heterocycles. The van der Waals surface area contributed by atoms with E-state index >= 15 is 0 Å². The van der Waals surface area contributed by atoms with E-state index < -0.39 is 5.41 Å². The first-order chi connectivity index (χ1) is 30.7. The van der Waals surface area contributed by atoms with Crippen LogP contribution in [0, 0.1) is 0 Å². The lowest BCUT2D eigenvalue weighted by molar-refractivity contribution is 0.436. The van der Waals surface area contributed by atoms with Gasteiger partial charge in [-0.25, -0.2) is 29.9 Å². The van der Waals surface area contributed by atoms with Gasteiger partial charge in [0.05, 0.1) is 5.41 Å². The first-order valence-corrected chi connectivity index (χ1v) is 20.6. The Morgan fingerprint density at radius 1 is 0.258 bits per heavy atom. The Morgan fingerprint density at radius 2 is 0.548 bits per heavy atom. The molecular weight excluding hydrogens is 761 g/mol. The quantitative estimate of drug-likeness (QED) is 0.166. The van der Waals surface area contributed by atoms with E-state index in [2.05, 4.69) is 72.8 Å². The number of aromatic nitrogens is 6. The molecule has 12 rings (SSSR count). The van der Waals surface area contributed by atoms with Crippen LogP contribution in [0.5, 0.6) is 11.5 Å². The van der Waals surface area contributed by atoms with Crippen molar-refractivity contribution in [2.24, 2.45) is 0 Å². The highest BCUT2D eigenvalue weighted by atomic mass is 16.5. The summed E-state index contributed by atoms with van der Waals surface area (Å²) in [5.41, 5.74) is 10.8. The number of hydrogen-bond acceptors (Lipinski definition) is 7. The van der Waals surface area contributed by atoms with Gasteiger partial charge in [0.2, 0.25) is 0 Å². The number of hydrogen-bond donors (Lipinski definition) is 0. The average molecular weight is 795 g/mol. The van der Waals surface area contributed by atoms with Gasteiger partial charge in [-0.3, -0.25) is 0 Å². The molecule has 2 aromatic heterocycles. The Balaban J connectivity index is 1.21. The summed E-state index contributed by atoms with van der Waals surface area (Å²) in [6.45, 7) is 0. The summed E-state index contributed by atoms with van der Waals surface area (Å²) >= 11 is 0. The topological polar surface area (TPSA) is 86.6 Å². The normalized spacial score (nSPS) is 12.8. The van der Waals surface area contributed by atoms with E-state index in [-0.39, 0.29) is 0 Å². The largest absolute Gasteiger partial charge is 0.457 e. The minimum atomic E-state index is -0.781. The van der Waals surface area contributed by atoms with Crippen LogP contribution in [0.25, 0.3) is 79.5 Å². The standard InChI is InChI=1S/C55H34N6O/c1-5-19-35(20-6-1)49-56-50(36-21-7-2-8-22-36)59-53(58-49)39-27-17-31-43-47(39)48-40(54-60-51(37-23-9-3-10-24-37)57-52(61-54)38-25-11-4-12-26-38)28-18-32-44(48)55(43)41-29-13-15-33-45(41)62-46-34-16-14-30-42(46)55/h1-34H. The zero-order chi connectivity index (χ0) is 41.0. The molecule has 7 heteroatoms. The van der Waals surface area contributed by atoms with E-state index in [9.17, 15) is 0 Å². The van der Waals surface area contributed by atoms with Crippen LogP contribution >= 0.6 is 0 Å². The van der Waals surface area contributed by atoms with Crippen molar-refractivity contribution < 1.29 is 4.74 Å². The van der Waals surface area contributed by atoms with Crippen LogP contribution in [0.15, 0.2) is 206 Å². The molecule has 0 fully saturated rings. The second kappa shape index (κ2) is 14.4. The summed E-state index contributed by atoms with van der Waals surface area (Å²) in [6, 6.07) is 70.2. The van der Waals surface area contributed by atoms with Crippen molar-refractivity contribution in [2.75, 3.05) is 0 Å². The monoisotopic (exact) mass is 794 g/mol. The maximum atomic E-state index is 6.72. The summed E-state index contributed by atoms with van der Waals surface area (Å²) < 4.78 is 6.72. The molecule has 10 aromatic rings. The Morgan fingerprint density at radius 3 is 0.903 bits per heavy atom. The first kappa shape index (κ1) is 35.5. The van der Waals surface area contributed by atoms with Gasteiger partial charge in [-0.1, -0.05) is 194 Å². The van der Waals surface area contributed by atoms with Crippen molar-refractivity contribution in [3.05, 3.63) is 229 Å². The third kappa shape index (κ3) is 5.59. The molecule has 290 valence electrons. The Bertz CT molecular complexity index is 2980. The Hall–Kier alpha value is -8.42. The van der Waals surface area contributed by atoms with Crippen molar-refractivity contribution in [3.63, 3.8) is 0 Å². The fourth-order valence-corrected chi connectivity index (χ4v) is 9.22. The summed E-state index contributed by atoms with van der Waals surface area (Å²) in [5, 5.41) is 0. The van der Waals surface area contributed by atoms with Gasteiger partial charge in [-0.2, -0.15) is 0 Å². The SMILES string of the molecule is c1ccc(-c2nc(-c3ccccc3)nc(-c3cccc4c3-c3c(-c5nc(-c6ccccc6)nc(-c6ccccc6)n5)cccc3C43c4ccccc4Oc4ccccc43)n2)cc1. The van der Waals surface area contributed by atoms with Crippen molar-refractivity contribution in [3.8, 4) is 91.0 Å². The molecule has 8 aromatic carbocycles. The van der Waals surface area contributed by atoms with Gasteiger partial charge in [0.1, 0.15) is 11.5 Å². The zero-order valence-corrected chi connectivity index (χ0v) is 33.2. The van der Waals surface area contributed by atoms with Gasteiger partial charge < -0.3 is 4.74 Å². The van der Waals surface area contributed by atoms with E-state index in [0.29, 0.717) is 34.9 Å². The third-order valence-corrected chi connectivity index (χ3v) is 11.9. The van der Waals surface area contributed by atoms with E-state index in [1.54, 1.807) is 0 Å². The van der Waals surface area contributed by atoms with Crippen molar-refractivity contribution >= 4 is 0 Å². The van der Waals surface area contributed by atoms with Crippen molar-refractivity contribution in [1.82, 2.24) is 29.9 Å². The van der Waals surface area contributed by atoms with E-state index in [4.69, 9.17) is 34.6 Å². The lowest BCUT2D eigenvalue weighted by Gasteiger charge is -2.39. The summed E-state index contributed by atoms with van der Waals surface area (Å²) in [5.74, 6) is 5.09. The molecule has 2 aliphatic rings. The third-order valence-electron chi connectivity index (χ3n) is 11.9. The number of benzene rings is 8. The van der Waals surface area contributed by atoms with E-state index in [1.165, 1.54) is 0 Å². The lowest BCUT2D eigenvalue weighted by Crippen LogP contribution is -2.32. The van der Waals surface area contributed by atoms with Crippen LogP contribution in [-0.2, 0) is 5.41 Å². The Labute approximate surface area is 358 Å². The maximum absolute atomic E-state index is 6.72. The van der Waals surface area contributed by atoms with Crippen molar-refractivity contribution in [2.45, 2.75) is 5.41 Å². The minimum Gasteiger partial charge on any atom is -0.457 e. The van der Waals surface area contributed by atoms with Gasteiger partial charge in [-0.05, 0) is 34.4 Å². The predicted octanol–water partition coefficient (Wildman–Crippen LogP) is 12.5. The maximum Gasteiger partial charge on any atom is 0.164 e. The van der Waals surface area contributed by atoms with Gasteiger partial charge in [0.15, 0.2) is 34.9 Å². The molecule has 0 radical (unpaired) electrons. The molecule has 7 nitrogen and oxygen atoms in total. The van der Waals surface area contributed by atoms with Crippen LogP contribution < -0.4 is 4.74 Å². The highest BCUT2D eigenvalue weighted by Gasteiger charge is 2.52. The molecule has 1 aliphatic carbocycles. The van der Waals surface area contributed by atoms with Crippen molar-refractivity contribution in [1.29, 1.82) is 0 Å². The number of para-hydroxylation sites is 2. The zero-order valence-electron chi connectivity index (χ0n) is 33.2. The van der Waals surface area contributed by atoms with E-state index in [1.807, 2.05) is 133 Å². The molecule has 0 saturated heterocycles. The fourth-order valence-electron chi connectivity index (χ4n) is 9.22. The number of fused-ring (bicyclic) bond motifs is 9. The Kier molecular flexibility index (Phi) is 8.25. The molecule has 0 N–H and O–H groups in total. The van der Waals surface area contributed by atoms with Crippen LogP contribution in [0.4, 0.5) is 0 Å². The highest BCUT2D eigenvalue weighted by Crippen LogP contribution is 2.64. The molecule has 0 bridgehead atoms. The molecule has 0 saturated carbocycles. The molecule has 0 amide bonds. The van der Waals surface area contributed by atoms with Gasteiger partial charge in [0, 0.05) is 44.5 Å². The van der Waals surface area contributed by atoms with Gasteiger partial charge in [-0.15, -0.1) is 0 Å². The smallest absolute Gasteiger partial charge is 0.164 e. The van der Waals surface area contributed by atoms with E-state index in [0.717, 1.165) is 78.3 Å². The lowest BCUT2D eigenvalue weighted by atomic mass is 9.66.